The molecule has 1 aromatic heterocycles. The van der Waals surface area contributed by atoms with Crippen LogP contribution >= 0.6 is 0 Å². The number of guanidine groups is 1. The Hall–Kier alpha value is -2.50. The molecule has 0 spiro atoms. The number of nitrogens with one attached hydrogen (secondary N) is 3. The molecule has 0 amide bonds. The van der Waals surface area contributed by atoms with Crippen LogP contribution in [0.5, 0.6) is 5.75 Å². The molecule has 0 saturated carbocycles. The van der Waals surface area contributed by atoms with E-state index < -0.39 is 0 Å². The van der Waals surface area contributed by atoms with Crippen molar-refractivity contribution in [1.82, 2.24) is 20.8 Å². The first-order chi connectivity index (χ1) is 12.6. The average Bonchev–Trinajstić information content (AvgIpc) is 3.05. The Morgan fingerprint density at radius 2 is 2.08 bits per heavy atom. The molecule has 0 radical (unpaired) electrons. The van der Waals surface area contributed by atoms with Crippen molar-refractivity contribution in [2.45, 2.75) is 40.0 Å². The Kier molecular flexibility index (Phi) is 7.99. The number of hydrogen-bond acceptors (Lipinski definition) is 3. The molecule has 2 rings (SSSR count). The zero-order chi connectivity index (χ0) is 18.8. The third kappa shape index (κ3) is 6.10. The summed E-state index contributed by atoms with van der Waals surface area (Å²) in [5.41, 5.74) is 4.83. The molecule has 26 heavy (non-hydrogen) atoms. The minimum absolute atomic E-state index is 0.790. The van der Waals surface area contributed by atoms with Gasteiger partial charge in [-0.15, -0.1) is 0 Å². The first-order valence-corrected chi connectivity index (χ1v) is 9.28. The summed E-state index contributed by atoms with van der Waals surface area (Å²) in [5, 5.41) is 13.7. The number of rotatable bonds is 9. The van der Waals surface area contributed by atoms with E-state index in [1.807, 2.05) is 6.20 Å². The molecule has 6 heteroatoms. The van der Waals surface area contributed by atoms with E-state index in [2.05, 4.69) is 64.8 Å². The van der Waals surface area contributed by atoms with Crippen LogP contribution in [0.4, 0.5) is 0 Å². The van der Waals surface area contributed by atoms with Gasteiger partial charge in [-0.05, 0) is 62.8 Å². The van der Waals surface area contributed by atoms with Crippen molar-refractivity contribution in [3.05, 3.63) is 46.8 Å². The summed E-state index contributed by atoms with van der Waals surface area (Å²) in [5.74, 6) is 1.81. The fourth-order valence-electron chi connectivity index (χ4n) is 2.77. The molecular weight excluding hydrogens is 326 g/mol. The summed E-state index contributed by atoms with van der Waals surface area (Å²) in [4.78, 5) is 4.66. The highest BCUT2D eigenvalue weighted by Crippen LogP contribution is 2.18. The van der Waals surface area contributed by atoms with E-state index in [1.165, 1.54) is 11.1 Å². The SMILES string of the molecule is CCNC(=NCCCc1cn[nH]c1C)NCCc1ccc(C)c(OC)c1. The Morgan fingerprint density at radius 3 is 2.77 bits per heavy atom. The van der Waals surface area contributed by atoms with Crippen LogP contribution in [-0.2, 0) is 12.8 Å². The predicted molar refractivity (Wildman–Crippen MR) is 107 cm³/mol. The Bertz CT molecular complexity index is 708. The number of hydrogen-bond donors (Lipinski definition) is 3. The van der Waals surface area contributed by atoms with Gasteiger partial charge >= 0.3 is 0 Å². The Labute approximate surface area is 156 Å². The van der Waals surface area contributed by atoms with Gasteiger partial charge < -0.3 is 15.4 Å². The number of aliphatic imine (C=N–C) groups is 1. The molecule has 0 saturated heterocycles. The van der Waals surface area contributed by atoms with E-state index in [-0.39, 0.29) is 0 Å². The highest BCUT2D eigenvalue weighted by atomic mass is 16.5. The fourth-order valence-corrected chi connectivity index (χ4v) is 2.77. The van der Waals surface area contributed by atoms with Gasteiger partial charge in [-0.25, -0.2) is 0 Å². The van der Waals surface area contributed by atoms with Crippen molar-refractivity contribution >= 4 is 5.96 Å². The lowest BCUT2D eigenvalue weighted by Gasteiger charge is -2.12. The number of nitrogens with zero attached hydrogens (tertiary/aromatic N) is 2. The van der Waals surface area contributed by atoms with Crippen LogP contribution in [0.25, 0.3) is 0 Å². The summed E-state index contributed by atoms with van der Waals surface area (Å²) in [6, 6.07) is 6.36. The lowest BCUT2D eigenvalue weighted by molar-refractivity contribution is 0.411. The highest BCUT2D eigenvalue weighted by molar-refractivity contribution is 5.79. The maximum Gasteiger partial charge on any atom is 0.191 e. The van der Waals surface area contributed by atoms with Crippen LogP contribution in [0.3, 0.4) is 0 Å². The van der Waals surface area contributed by atoms with E-state index in [1.54, 1.807) is 7.11 Å². The summed E-state index contributed by atoms with van der Waals surface area (Å²) in [6.07, 6.45) is 4.83. The minimum atomic E-state index is 0.790. The third-order valence-electron chi connectivity index (χ3n) is 4.33. The van der Waals surface area contributed by atoms with Gasteiger partial charge in [0.15, 0.2) is 5.96 Å². The largest absolute Gasteiger partial charge is 0.496 e. The fraction of sp³-hybridized carbons (Fsp3) is 0.500. The van der Waals surface area contributed by atoms with Crippen molar-refractivity contribution in [2.24, 2.45) is 4.99 Å². The lowest BCUT2D eigenvalue weighted by atomic mass is 10.1. The van der Waals surface area contributed by atoms with Gasteiger partial charge in [-0.2, -0.15) is 5.10 Å². The minimum Gasteiger partial charge on any atom is -0.496 e. The number of H-pyrrole nitrogens is 1. The zero-order valence-electron chi connectivity index (χ0n) is 16.4. The van der Waals surface area contributed by atoms with Crippen LogP contribution < -0.4 is 15.4 Å². The maximum absolute atomic E-state index is 5.39. The molecule has 0 unspecified atom stereocenters. The summed E-state index contributed by atoms with van der Waals surface area (Å²) in [6.45, 7) is 8.66. The highest BCUT2D eigenvalue weighted by Gasteiger charge is 2.03. The molecule has 2 aromatic rings. The number of benzene rings is 1. The standard InChI is InChI=1S/C20H31N5O/c1-5-21-20(22-11-6-7-18-14-24-25-16(18)3)23-12-10-17-9-8-15(2)19(13-17)26-4/h8-9,13-14H,5-7,10-12H2,1-4H3,(H,24,25)(H2,21,22,23). The molecule has 142 valence electrons. The third-order valence-corrected chi connectivity index (χ3v) is 4.33. The second kappa shape index (κ2) is 10.5. The van der Waals surface area contributed by atoms with E-state index in [0.29, 0.717) is 0 Å². The van der Waals surface area contributed by atoms with E-state index in [9.17, 15) is 0 Å². The van der Waals surface area contributed by atoms with E-state index in [0.717, 1.165) is 61.9 Å². The van der Waals surface area contributed by atoms with Crippen molar-refractivity contribution < 1.29 is 4.74 Å². The number of aromatic amines is 1. The van der Waals surface area contributed by atoms with Crippen molar-refractivity contribution in [3.63, 3.8) is 0 Å². The summed E-state index contributed by atoms with van der Waals surface area (Å²) in [7, 11) is 1.71. The van der Waals surface area contributed by atoms with E-state index >= 15 is 0 Å². The molecule has 0 bridgehead atoms. The Balaban J connectivity index is 1.78. The molecular formula is C20H31N5O. The topological polar surface area (TPSA) is 74.3 Å². The second-order valence-electron chi connectivity index (χ2n) is 6.37. The first kappa shape index (κ1) is 19.8. The molecule has 0 atom stereocenters. The number of aromatic nitrogens is 2. The molecule has 0 aliphatic heterocycles. The molecule has 0 aliphatic carbocycles. The maximum atomic E-state index is 5.39. The van der Waals surface area contributed by atoms with Gasteiger partial charge in [0.1, 0.15) is 5.75 Å². The zero-order valence-corrected chi connectivity index (χ0v) is 16.4. The predicted octanol–water partition coefficient (Wildman–Crippen LogP) is 2.77. The van der Waals surface area contributed by atoms with Crippen LogP contribution in [0.2, 0.25) is 0 Å². The number of aryl methyl sites for hydroxylation is 3. The molecule has 6 nitrogen and oxygen atoms in total. The molecule has 3 N–H and O–H groups in total. The number of methoxy groups -OCH3 is 1. The smallest absolute Gasteiger partial charge is 0.191 e. The van der Waals surface area contributed by atoms with Crippen LogP contribution in [-0.4, -0.2) is 42.9 Å². The molecule has 0 fully saturated rings. The normalized spacial score (nSPS) is 11.5. The Morgan fingerprint density at radius 1 is 1.23 bits per heavy atom. The van der Waals surface area contributed by atoms with Crippen molar-refractivity contribution in [1.29, 1.82) is 0 Å². The van der Waals surface area contributed by atoms with Gasteiger partial charge in [-0.1, -0.05) is 12.1 Å². The van der Waals surface area contributed by atoms with Crippen LogP contribution in [0.1, 0.15) is 35.7 Å². The van der Waals surface area contributed by atoms with Crippen molar-refractivity contribution in [3.8, 4) is 5.75 Å². The van der Waals surface area contributed by atoms with Gasteiger partial charge in [0.25, 0.3) is 0 Å². The molecule has 1 aromatic carbocycles. The first-order valence-electron chi connectivity index (χ1n) is 9.28. The average molecular weight is 358 g/mol. The monoisotopic (exact) mass is 357 g/mol. The molecule has 0 aliphatic rings. The van der Waals surface area contributed by atoms with Gasteiger partial charge in [-0.3, -0.25) is 10.1 Å². The summed E-state index contributed by atoms with van der Waals surface area (Å²) < 4.78 is 5.39. The second-order valence-corrected chi connectivity index (χ2v) is 6.37. The van der Waals surface area contributed by atoms with Gasteiger partial charge in [0.05, 0.1) is 13.3 Å². The quantitative estimate of drug-likeness (QED) is 0.366. The van der Waals surface area contributed by atoms with Crippen molar-refractivity contribution in [2.75, 3.05) is 26.7 Å². The van der Waals surface area contributed by atoms with Crippen LogP contribution in [0.15, 0.2) is 29.4 Å². The van der Waals surface area contributed by atoms with Gasteiger partial charge in [0.2, 0.25) is 0 Å². The number of ether oxygens (including phenoxy) is 1. The summed E-state index contributed by atoms with van der Waals surface area (Å²) >= 11 is 0. The van der Waals surface area contributed by atoms with E-state index in [4.69, 9.17) is 4.74 Å². The van der Waals surface area contributed by atoms with Crippen LogP contribution in [0, 0.1) is 13.8 Å². The molecule has 1 heterocycles. The lowest BCUT2D eigenvalue weighted by Crippen LogP contribution is -2.38. The van der Waals surface area contributed by atoms with Gasteiger partial charge in [0, 0.05) is 25.3 Å².